The first-order valence-corrected chi connectivity index (χ1v) is 5.81. The third-order valence-electron chi connectivity index (χ3n) is 2.92. The third-order valence-corrected chi connectivity index (χ3v) is 2.92. The maximum Gasteiger partial charge on any atom is 0.165 e. The number of ether oxygens (including phenoxy) is 2. The molecule has 3 nitrogen and oxygen atoms in total. The Bertz CT molecular complexity index is 569. The Labute approximate surface area is 111 Å². The summed E-state index contributed by atoms with van der Waals surface area (Å²) in [6, 6.07) is 11.4. The minimum atomic E-state index is -0.898. The lowest BCUT2D eigenvalue weighted by Gasteiger charge is -2.15. The van der Waals surface area contributed by atoms with E-state index in [2.05, 4.69) is 0 Å². The number of hydrogen-bond donors (Lipinski definition) is 1. The molecule has 1 N–H and O–H groups in total. The Hall–Kier alpha value is -2.07. The molecular formula is C15H15FO3. The third kappa shape index (κ3) is 2.69. The van der Waals surface area contributed by atoms with Gasteiger partial charge in [-0.2, -0.15) is 0 Å². The van der Waals surface area contributed by atoms with Crippen molar-refractivity contribution in [3.63, 3.8) is 0 Å². The Morgan fingerprint density at radius 3 is 2.37 bits per heavy atom. The van der Waals surface area contributed by atoms with Crippen molar-refractivity contribution in [1.82, 2.24) is 0 Å². The van der Waals surface area contributed by atoms with Gasteiger partial charge < -0.3 is 14.6 Å². The van der Waals surface area contributed by atoms with Crippen molar-refractivity contribution in [2.75, 3.05) is 14.2 Å². The first kappa shape index (κ1) is 13.4. The summed E-state index contributed by atoms with van der Waals surface area (Å²) >= 11 is 0. The van der Waals surface area contributed by atoms with Crippen LogP contribution in [0.15, 0.2) is 42.5 Å². The minimum absolute atomic E-state index is 0.103. The van der Waals surface area contributed by atoms with E-state index in [9.17, 15) is 9.50 Å². The van der Waals surface area contributed by atoms with Crippen molar-refractivity contribution in [2.45, 2.75) is 6.10 Å². The van der Waals surface area contributed by atoms with E-state index in [4.69, 9.17) is 9.47 Å². The Morgan fingerprint density at radius 2 is 1.68 bits per heavy atom. The fraction of sp³-hybridized carbons (Fsp3) is 0.200. The summed E-state index contributed by atoms with van der Waals surface area (Å²) in [4.78, 5) is 0. The fourth-order valence-corrected chi connectivity index (χ4v) is 1.92. The van der Waals surface area contributed by atoms with Crippen LogP contribution in [-0.2, 0) is 0 Å². The molecule has 100 valence electrons. The molecule has 4 heteroatoms. The van der Waals surface area contributed by atoms with Gasteiger partial charge in [0.1, 0.15) is 11.9 Å². The second kappa shape index (κ2) is 5.71. The zero-order valence-electron chi connectivity index (χ0n) is 10.8. The number of hydrogen-bond acceptors (Lipinski definition) is 3. The average molecular weight is 262 g/mol. The molecule has 0 aliphatic rings. The van der Waals surface area contributed by atoms with Gasteiger partial charge in [0.15, 0.2) is 11.6 Å². The predicted molar refractivity (Wildman–Crippen MR) is 70.0 cm³/mol. The van der Waals surface area contributed by atoms with Gasteiger partial charge in [0.05, 0.1) is 14.2 Å². The highest BCUT2D eigenvalue weighted by Crippen LogP contribution is 2.31. The van der Waals surface area contributed by atoms with Gasteiger partial charge in [0.25, 0.3) is 0 Å². The molecule has 0 aliphatic carbocycles. The smallest absolute Gasteiger partial charge is 0.165 e. The minimum Gasteiger partial charge on any atom is -0.496 e. The number of halogens is 1. The predicted octanol–water partition coefficient (Wildman–Crippen LogP) is 2.92. The summed E-state index contributed by atoms with van der Waals surface area (Å²) in [5, 5.41) is 10.4. The molecule has 1 atom stereocenters. The van der Waals surface area contributed by atoms with Gasteiger partial charge in [-0.1, -0.05) is 24.3 Å². The monoisotopic (exact) mass is 262 g/mol. The van der Waals surface area contributed by atoms with E-state index in [1.54, 1.807) is 12.1 Å². The first-order valence-electron chi connectivity index (χ1n) is 5.81. The van der Waals surface area contributed by atoms with E-state index < -0.39 is 11.9 Å². The Morgan fingerprint density at radius 1 is 1.00 bits per heavy atom. The van der Waals surface area contributed by atoms with E-state index in [-0.39, 0.29) is 5.75 Å². The van der Waals surface area contributed by atoms with Crippen LogP contribution < -0.4 is 9.47 Å². The highest BCUT2D eigenvalue weighted by molar-refractivity contribution is 5.42. The molecular weight excluding hydrogens is 247 g/mol. The van der Waals surface area contributed by atoms with Gasteiger partial charge in [-0.3, -0.25) is 0 Å². The summed E-state index contributed by atoms with van der Waals surface area (Å²) in [6.07, 6.45) is -0.898. The van der Waals surface area contributed by atoms with Crippen LogP contribution in [0.5, 0.6) is 11.5 Å². The van der Waals surface area contributed by atoms with Crippen molar-refractivity contribution in [3.8, 4) is 11.5 Å². The van der Waals surface area contributed by atoms with Crippen LogP contribution in [-0.4, -0.2) is 19.3 Å². The highest BCUT2D eigenvalue weighted by Gasteiger charge is 2.16. The number of aliphatic hydroxyl groups excluding tert-OH is 1. The molecule has 0 aromatic heterocycles. The van der Waals surface area contributed by atoms with E-state index in [1.165, 1.54) is 32.4 Å². The molecule has 1 unspecified atom stereocenters. The number of rotatable bonds is 4. The Balaban J connectivity index is 2.41. The van der Waals surface area contributed by atoms with Gasteiger partial charge in [0.2, 0.25) is 0 Å². The summed E-state index contributed by atoms with van der Waals surface area (Å²) in [7, 11) is 2.93. The van der Waals surface area contributed by atoms with E-state index in [0.29, 0.717) is 16.9 Å². The van der Waals surface area contributed by atoms with E-state index in [0.717, 1.165) is 0 Å². The number of methoxy groups -OCH3 is 2. The lowest BCUT2D eigenvalue weighted by Crippen LogP contribution is -2.03. The van der Waals surface area contributed by atoms with E-state index in [1.807, 2.05) is 12.1 Å². The van der Waals surface area contributed by atoms with Crippen molar-refractivity contribution >= 4 is 0 Å². The normalized spacial score (nSPS) is 12.0. The van der Waals surface area contributed by atoms with Crippen molar-refractivity contribution in [1.29, 1.82) is 0 Å². The van der Waals surface area contributed by atoms with Crippen molar-refractivity contribution in [2.24, 2.45) is 0 Å². The SMILES string of the molecule is COc1cc(C(O)c2ccccc2OC)ccc1F. The lowest BCUT2D eigenvalue weighted by molar-refractivity contribution is 0.214. The van der Waals surface area contributed by atoms with Crippen LogP contribution in [0.3, 0.4) is 0 Å². The van der Waals surface area contributed by atoms with Gasteiger partial charge in [-0.25, -0.2) is 4.39 Å². The Kier molecular flexibility index (Phi) is 4.02. The van der Waals surface area contributed by atoms with Crippen molar-refractivity contribution < 1.29 is 19.0 Å². The molecule has 2 aromatic carbocycles. The second-order valence-electron chi connectivity index (χ2n) is 4.04. The van der Waals surface area contributed by atoms with Gasteiger partial charge >= 0.3 is 0 Å². The maximum absolute atomic E-state index is 13.3. The molecule has 0 spiro atoms. The summed E-state index contributed by atoms with van der Waals surface area (Å²) in [5.74, 6) is 0.225. The van der Waals surface area contributed by atoms with Crippen LogP contribution in [0.4, 0.5) is 4.39 Å². The van der Waals surface area contributed by atoms with Gasteiger partial charge in [-0.05, 0) is 23.8 Å². The van der Waals surface area contributed by atoms with Crippen LogP contribution in [0, 0.1) is 5.82 Å². The topological polar surface area (TPSA) is 38.7 Å². The first-order chi connectivity index (χ1) is 9.17. The second-order valence-corrected chi connectivity index (χ2v) is 4.04. The molecule has 0 saturated carbocycles. The number of aliphatic hydroxyl groups is 1. The molecule has 0 fully saturated rings. The highest BCUT2D eigenvalue weighted by atomic mass is 19.1. The van der Waals surface area contributed by atoms with Gasteiger partial charge in [-0.15, -0.1) is 0 Å². The van der Waals surface area contributed by atoms with E-state index >= 15 is 0 Å². The van der Waals surface area contributed by atoms with Crippen LogP contribution in [0.2, 0.25) is 0 Å². The molecule has 0 amide bonds. The largest absolute Gasteiger partial charge is 0.496 e. The maximum atomic E-state index is 13.3. The zero-order valence-corrected chi connectivity index (χ0v) is 10.8. The molecule has 19 heavy (non-hydrogen) atoms. The summed E-state index contributed by atoms with van der Waals surface area (Å²) < 4.78 is 23.5. The molecule has 0 saturated heterocycles. The molecule has 2 aromatic rings. The van der Waals surface area contributed by atoms with Crippen LogP contribution >= 0.6 is 0 Å². The van der Waals surface area contributed by atoms with Crippen LogP contribution in [0.25, 0.3) is 0 Å². The van der Waals surface area contributed by atoms with Crippen molar-refractivity contribution in [3.05, 3.63) is 59.4 Å². The zero-order chi connectivity index (χ0) is 13.8. The lowest BCUT2D eigenvalue weighted by atomic mass is 10.0. The van der Waals surface area contributed by atoms with Crippen LogP contribution in [0.1, 0.15) is 17.2 Å². The molecule has 0 bridgehead atoms. The summed E-state index contributed by atoms with van der Waals surface area (Å²) in [5.41, 5.74) is 1.17. The summed E-state index contributed by atoms with van der Waals surface area (Å²) in [6.45, 7) is 0. The molecule has 0 radical (unpaired) electrons. The molecule has 2 rings (SSSR count). The number of para-hydroxylation sites is 1. The fourth-order valence-electron chi connectivity index (χ4n) is 1.92. The number of benzene rings is 2. The van der Waals surface area contributed by atoms with Gasteiger partial charge in [0, 0.05) is 5.56 Å². The standard InChI is InChI=1S/C15H15FO3/c1-18-13-6-4-3-5-11(13)15(17)10-7-8-12(16)14(9-10)19-2/h3-9,15,17H,1-2H3. The molecule has 0 aliphatic heterocycles. The molecule has 0 heterocycles. The quantitative estimate of drug-likeness (QED) is 0.920. The average Bonchev–Trinajstić information content (AvgIpc) is 2.47.